The van der Waals surface area contributed by atoms with Crippen LogP contribution in [0.1, 0.15) is 6.92 Å². The first kappa shape index (κ1) is 17.8. The average Bonchev–Trinajstić information content (AvgIpc) is 1.67. The molecule has 10 heavy (non-hydrogen) atoms. The summed E-state index contributed by atoms with van der Waals surface area (Å²) < 4.78 is 4.15. The summed E-state index contributed by atoms with van der Waals surface area (Å²) in [6.07, 6.45) is 0. The van der Waals surface area contributed by atoms with Crippen molar-refractivity contribution in [3.8, 4) is 0 Å². The van der Waals surface area contributed by atoms with Crippen LogP contribution in [0.3, 0.4) is 0 Å². The molecule has 0 aromatic heterocycles. The number of carbonyl (C=O) groups is 1. The second-order valence-electron chi connectivity index (χ2n) is 0.941. The van der Waals surface area contributed by atoms with E-state index in [0.717, 1.165) is 0 Å². The molecule has 0 N–H and O–H groups in total. The third kappa shape index (κ3) is 9.82. The van der Waals surface area contributed by atoms with E-state index in [1.807, 2.05) is 0 Å². The minimum Gasteiger partial charge on any atom is -0.804 e. The van der Waals surface area contributed by atoms with E-state index in [4.69, 9.17) is 0 Å². The van der Waals surface area contributed by atoms with E-state index in [2.05, 4.69) is 4.52 Å². The van der Waals surface area contributed by atoms with E-state index in [9.17, 15) is 14.8 Å². The summed E-state index contributed by atoms with van der Waals surface area (Å²) >= 11 is 0. The van der Waals surface area contributed by atoms with Crippen molar-refractivity contribution in [2.75, 3.05) is 6.61 Å². The fourth-order valence-corrected chi connectivity index (χ4v) is 0.510. The fraction of sp³-hybridized carbons (Fsp3) is 0.667. The van der Waals surface area contributed by atoms with Crippen LogP contribution in [0.2, 0.25) is 0 Å². The molecule has 0 saturated heterocycles. The molecular weight excluding hydrogens is 177 g/mol. The van der Waals surface area contributed by atoms with Gasteiger partial charge in [0.25, 0.3) is 0 Å². The number of hydrogen-bond donors (Lipinski definition) is 0. The summed E-state index contributed by atoms with van der Waals surface area (Å²) in [5, 5.41) is 9.57. The van der Waals surface area contributed by atoms with Gasteiger partial charge in [0.2, 0.25) is 0 Å². The maximum Gasteiger partial charge on any atom is 1.00 e. The molecule has 4 nitrogen and oxygen atoms in total. The van der Waals surface area contributed by atoms with Gasteiger partial charge in [0.15, 0.2) is 0 Å². The zero-order valence-corrected chi connectivity index (χ0v) is 11.2. The van der Waals surface area contributed by atoms with Gasteiger partial charge in [-0.05, 0) is 15.3 Å². The Morgan fingerprint density at radius 1 is 1.60 bits per heavy atom. The maximum absolute atomic E-state index is 10.0. The Morgan fingerprint density at radius 2 is 2.00 bits per heavy atom. The molecule has 0 aliphatic heterocycles. The van der Waals surface area contributed by atoms with E-state index < -0.39 is 14.1 Å². The quantitative estimate of drug-likeness (QED) is 0.321. The molecule has 0 spiro atoms. The molecule has 0 aromatic rings. The summed E-state index contributed by atoms with van der Waals surface area (Å²) in [5.74, 6) is 0. The van der Waals surface area contributed by atoms with E-state index in [-0.39, 0.29) is 65.7 Å². The topological polar surface area (TPSA) is 72.4 Å². The summed E-state index contributed by atoms with van der Waals surface area (Å²) in [6, 6.07) is 0. The molecule has 1 unspecified atom stereocenters. The summed E-state index contributed by atoms with van der Waals surface area (Å²) in [7, 11) is -2.58. The van der Waals surface area contributed by atoms with Crippen molar-refractivity contribution < 1.29 is 78.4 Å². The van der Waals surface area contributed by atoms with Crippen molar-refractivity contribution >= 4 is 14.1 Å². The van der Waals surface area contributed by atoms with Gasteiger partial charge < -0.3 is 19.3 Å². The Bertz CT molecular complexity index is 90.6. The second kappa shape index (κ2) is 10.8. The molecule has 1 atom stereocenters. The van der Waals surface area contributed by atoms with Gasteiger partial charge in [0, 0.05) is 6.61 Å². The number of carboxylic acid groups (broad SMARTS) is 1. The molecule has 0 aliphatic carbocycles. The van der Waals surface area contributed by atoms with Crippen molar-refractivity contribution in [1.29, 1.82) is 0 Å². The zero-order valence-electron chi connectivity index (χ0n) is 6.29. The number of rotatable bonds is 3. The van der Waals surface area contributed by atoms with E-state index >= 15 is 0 Å². The van der Waals surface area contributed by atoms with E-state index in [0.29, 0.717) is 0 Å². The third-order valence-corrected chi connectivity index (χ3v) is 1.19. The predicted molar refractivity (Wildman–Crippen MR) is 23.9 cm³/mol. The van der Waals surface area contributed by atoms with Crippen molar-refractivity contribution in [3.05, 3.63) is 0 Å². The second-order valence-corrected chi connectivity index (χ2v) is 2.08. The van der Waals surface area contributed by atoms with Crippen LogP contribution >= 0.6 is 8.38 Å². The molecule has 0 fully saturated rings. The molecule has 0 aliphatic rings. The smallest absolute Gasteiger partial charge is 0.804 e. The predicted octanol–water partition coefficient (Wildman–Crippen LogP) is -6.95. The Hall–Kier alpha value is 1.82. The van der Waals surface area contributed by atoms with Gasteiger partial charge in [-0.3, -0.25) is 0 Å². The van der Waals surface area contributed by atoms with Gasteiger partial charge in [-0.25, -0.2) is 0 Å². The molecule has 0 aromatic carbocycles. The SMILES string of the molecule is CCOP([O-])C(=O)[O-].[Na+].[Na+]. The van der Waals surface area contributed by atoms with Crippen LogP contribution in [-0.4, -0.2) is 12.3 Å². The maximum atomic E-state index is 10.0. The van der Waals surface area contributed by atoms with Crippen LogP contribution < -0.4 is 69.1 Å². The van der Waals surface area contributed by atoms with Gasteiger partial charge in [-0.1, -0.05) is 0 Å². The monoisotopic (exact) mass is 182 g/mol. The van der Waals surface area contributed by atoms with Crippen LogP contribution in [-0.2, 0) is 4.52 Å². The summed E-state index contributed by atoms with van der Waals surface area (Å²) in [6.45, 7) is 1.68. The van der Waals surface area contributed by atoms with Crippen LogP contribution in [0.4, 0.5) is 4.79 Å². The van der Waals surface area contributed by atoms with Gasteiger partial charge >= 0.3 is 59.1 Å². The van der Waals surface area contributed by atoms with Crippen LogP contribution in [0.25, 0.3) is 0 Å². The molecule has 0 amide bonds. The largest absolute Gasteiger partial charge is 1.00 e. The molecular formula is C3H5Na2O4P. The van der Waals surface area contributed by atoms with Crippen molar-refractivity contribution in [2.24, 2.45) is 0 Å². The zero-order chi connectivity index (χ0) is 6.57. The minimum absolute atomic E-state index is 0. The fourth-order valence-electron chi connectivity index (χ4n) is 0.170. The Labute approximate surface area is 105 Å². The molecule has 48 valence electrons. The summed E-state index contributed by atoms with van der Waals surface area (Å²) in [5.41, 5.74) is -1.65. The first-order valence-corrected chi connectivity index (χ1v) is 3.17. The van der Waals surface area contributed by atoms with E-state index in [1.165, 1.54) is 0 Å². The standard InChI is InChI=1S/C3H6O4P.2Na/c1-2-7-8(6)3(4)5;;/h2H2,1H3,(H,4,5);;/q-1;2*+1/p-1. The Balaban J connectivity index is -0.000000245. The third-order valence-electron chi connectivity index (χ3n) is 0.395. The van der Waals surface area contributed by atoms with Gasteiger partial charge in [-0.2, -0.15) is 0 Å². The molecule has 0 radical (unpaired) electrons. The van der Waals surface area contributed by atoms with E-state index in [1.54, 1.807) is 6.92 Å². The van der Waals surface area contributed by atoms with Crippen molar-refractivity contribution in [2.45, 2.75) is 6.92 Å². The minimum atomic E-state index is -2.58. The molecule has 7 heteroatoms. The van der Waals surface area contributed by atoms with Gasteiger partial charge in [0.05, 0.1) is 5.71 Å². The number of carbonyl (C=O) groups excluding carboxylic acids is 1. The summed E-state index contributed by atoms with van der Waals surface area (Å²) in [4.78, 5) is 19.6. The number of hydrogen-bond acceptors (Lipinski definition) is 4. The normalized spacial score (nSPS) is 10.6. The van der Waals surface area contributed by atoms with Gasteiger partial charge in [0.1, 0.15) is 0 Å². The molecule has 0 rings (SSSR count). The Kier molecular flexibility index (Phi) is 19.2. The average molecular weight is 182 g/mol. The van der Waals surface area contributed by atoms with Crippen LogP contribution in [0.15, 0.2) is 0 Å². The van der Waals surface area contributed by atoms with Crippen LogP contribution in [0, 0.1) is 0 Å². The molecule has 0 bridgehead atoms. The first-order chi connectivity index (χ1) is 3.68. The van der Waals surface area contributed by atoms with Crippen molar-refractivity contribution in [1.82, 2.24) is 0 Å². The van der Waals surface area contributed by atoms with Gasteiger partial charge in [-0.15, -0.1) is 0 Å². The Morgan fingerprint density at radius 3 is 2.10 bits per heavy atom. The molecule has 0 saturated carbocycles. The molecule has 0 heterocycles. The van der Waals surface area contributed by atoms with Crippen LogP contribution in [0.5, 0.6) is 0 Å². The van der Waals surface area contributed by atoms with Crippen molar-refractivity contribution in [3.63, 3.8) is 0 Å². The first-order valence-electron chi connectivity index (χ1n) is 1.99.